The lowest BCUT2D eigenvalue weighted by atomic mass is 10.3. The van der Waals surface area contributed by atoms with Crippen LogP contribution in [0.5, 0.6) is 0 Å². The summed E-state index contributed by atoms with van der Waals surface area (Å²) in [6, 6.07) is 4.48. The number of halogens is 1. The molecule has 0 aliphatic carbocycles. The molecule has 0 unspecified atom stereocenters. The molecule has 0 saturated heterocycles. The highest BCUT2D eigenvalue weighted by atomic mass is 35.5. The number of nitrogens with zero attached hydrogens (tertiary/aromatic N) is 4. The van der Waals surface area contributed by atoms with Gasteiger partial charge in [-0.05, 0) is 19.2 Å². The summed E-state index contributed by atoms with van der Waals surface area (Å²) >= 11 is 7.57. The molecule has 1 N–H and O–H groups in total. The Morgan fingerprint density at radius 1 is 1.43 bits per heavy atom. The lowest BCUT2D eigenvalue weighted by molar-refractivity contribution is 0.306. The largest absolute Gasteiger partial charge is 0.309 e. The highest BCUT2D eigenvalue weighted by Gasteiger charge is 2.05. The molecule has 0 spiro atoms. The zero-order valence-corrected chi connectivity index (χ0v) is 14.3. The molecule has 116 valence electrons. The normalized spacial score (nSPS) is 11.7. The van der Waals surface area contributed by atoms with E-state index in [0.717, 1.165) is 36.2 Å². The first-order valence-corrected chi connectivity index (χ1v) is 8.27. The first-order chi connectivity index (χ1) is 10.0. The zero-order valence-electron chi connectivity index (χ0n) is 12.7. The maximum absolute atomic E-state index is 5.94. The van der Waals surface area contributed by atoms with Gasteiger partial charge in [0.05, 0.1) is 16.6 Å². The van der Waals surface area contributed by atoms with Crippen LogP contribution in [0.15, 0.2) is 18.3 Å². The van der Waals surface area contributed by atoms with Crippen LogP contribution in [0.1, 0.15) is 24.4 Å². The fourth-order valence-electron chi connectivity index (χ4n) is 1.89. The Morgan fingerprint density at radius 2 is 2.24 bits per heavy atom. The summed E-state index contributed by atoms with van der Waals surface area (Å²) in [7, 11) is 2.10. The van der Waals surface area contributed by atoms with E-state index in [1.54, 1.807) is 11.3 Å². The Kier molecular flexibility index (Phi) is 6.17. The predicted octanol–water partition coefficient (Wildman–Crippen LogP) is 2.62. The van der Waals surface area contributed by atoms with Crippen LogP contribution in [0.4, 0.5) is 0 Å². The van der Waals surface area contributed by atoms with Gasteiger partial charge >= 0.3 is 0 Å². The van der Waals surface area contributed by atoms with Gasteiger partial charge in [-0.3, -0.25) is 9.58 Å². The van der Waals surface area contributed by atoms with Gasteiger partial charge in [0.2, 0.25) is 0 Å². The van der Waals surface area contributed by atoms with E-state index in [1.807, 2.05) is 16.9 Å². The number of thiophene rings is 1. The van der Waals surface area contributed by atoms with Gasteiger partial charge in [0.15, 0.2) is 0 Å². The third-order valence-electron chi connectivity index (χ3n) is 3.04. The summed E-state index contributed by atoms with van der Waals surface area (Å²) in [5.41, 5.74) is 0.983. The van der Waals surface area contributed by atoms with Crippen molar-refractivity contribution in [1.29, 1.82) is 0 Å². The molecule has 21 heavy (non-hydrogen) atoms. The highest BCUT2D eigenvalue weighted by Crippen LogP contribution is 2.22. The van der Waals surface area contributed by atoms with Gasteiger partial charge in [0.1, 0.15) is 0 Å². The van der Waals surface area contributed by atoms with Crippen LogP contribution in [0.3, 0.4) is 0 Å². The fourth-order valence-corrected chi connectivity index (χ4v) is 3.06. The van der Waals surface area contributed by atoms with Gasteiger partial charge < -0.3 is 5.32 Å². The van der Waals surface area contributed by atoms with Crippen LogP contribution >= 0.6 is 22.9 Å². The number of aromatic nitrogens is 3. The standard InChI is InChI=1S/C14H22ClN5S/c1-11(2)16-8-12-9-20(18-17-12)7-6-19(3)10-13-4-5-14(15)21-13/h4-5,9,11,16H,6-8,10H2,1-3H3. The molecule has 0 atom stereocenters. The maximum atomic E-state index is 5.94. The van der Waals surface area contributed by atoms with Crippen LogP contribution < -0.4 is 5.32 Å². The Bertz CT molecular complexity index is 551. The molecule has 0 fully saturated rings. The Labute approximate surface area is 134 Å². The summed E-state index contributed by atoms with van der Waals surface area (Å²) in [6.45, 7) is 7.68. The summed E-state index contributed by atoms with van der Waals surface area (Å²) < 4.78 is 2.74. The lowest BCUT2D eigenvalue weighted by Crippen LogP contribution is -2.23. The average molecular weight is 328 g/mol. The second kappa shape index (κ2) is 7.89. The summed E-state index contributed by atoms with van der Waals surface area (Å²) in [5, 5.41) is 11.7. The topological polar surface area (TPSA) is 46.0 Å². The van der Waals surface area contributed by atoms with Gasteiger partial charge in [-0.15, -0.1) is 16.4 Å². The first kappa shape index (κ1) is 16.4. The van der Waals surface area contributed by atoms with Gasteiger partial charge in [-0.2, -0.15) is 0 Å². The number of nitrogens with one attached hydrogen (secondary N) is 1. The molecule has 0 aliphatic rings. The third kappa shape index (κ3) is 5.74. The highest BCUT2D eigenvalue weighted by molar-refractivity contribution is 7.16. The maximum Gasteiger partial charge on any atom is 0.0964 e. The van der Waals surface area contributed by atoms with Crippen LogP contribution in [-0.2, 0) is 19.6 Å². The number of hydrogen-bond acceptors (Lipinski definition) is 5. The summed E-state index contributed by atoms with van der Waals surface area (Å²) in [4.78, 5) is 3.54. The van der Waals surface area contributed by atoms with Crippen molar-refractivity contribution in [2.45, 2.75) is 39.5 Å². The van der Waals surface area contributed by atoms with Crippen molar-refractivity contribution in [3.8, 4) is 0 Å². The van der Waals surface area contributed by atoms with Crippen LogP contribution in [0, 0.1) is 0 Å². The fraction of sp³-hybridized carbons (Fsp3) is 0.571. The smallest absolute Gasteiger partial charge is 0.0964 e. The molecular formula is C14H22ClN5S. The van der Waals surface area contributed by atoms with E-state index in [-0.39, 0.29) is 0 Å². The SMILES string of the molecule is CC(C)NCc1cn(CCN(C)Cc2ccc(Cl)s2)nn1. The van der Waals surface area contributed by atoms with Crippen LogP contribution in [0.25, 0.3) is 0 Å². The molecule has 0 aliphatic heterocycles. The third-order valence-corrected chi connectivity index (χ3v) is 4.26. The molecule has 0 aromatic carbocycles. The van der Waals surface area contributed by atoms with Crippen molar-refractivity contribution < 1.29 is 0 Å². The van der Waals surface area contributed by atoms with E-state index in [9.17, 15) is 0 Å². The number of rotatable bonds is 8. The van der Waals surface area contributed by atoms with E-state index < -0.39 is 0 Å². The predicted molar refractivity (Wildman–Crippen MR) is 87.7 cm³/mol. The summed E-state index contributed by atoms with van der Waals surface area (Å²) in [5.74, 6) is 0. The Hall–Kier alpha value is -0.950. The van der Waals surface area contributed by atoms with Crippen molar-refractivity contribution in [2.75, 3.05) is 13.6 Å². The number of hydrogen-bond donors (Lipinski definition) is 1. The van der Waals surface area contributed by atoms with Gasteiger partial charge in [0, 0.05) is 36.8 Å². The zero-order chi connectivity index (χ0) is 15.2. The minimum Gasteiger partial charge on any atom is -0.309 e. The molecule has 2 aromatic rings. The quantitative estimate of drug-likeness (QED) is 0.809. The van der Waals surface area contributed by atoms with Gasteiger partial charge in [-0.25, -0.2) is 0 Å². The van der Waals surface area contributed by atoms with Gasteiger partial charge in [-0.1, -0.05) is 30.7 Å². The van der Waals surface area contributed by atoms with Crippen molar-refractivity contribution in [3.63, 3.8) is 0 Å². The van der Waals surface area contributed by atoms with Crippen molar-refractivity contribution in [2.24, 2.45) is 0 Å². The molecular weight excluding hydrogens is 306 g/mol. The molecule has 2 rings (SSSR count). The van der Waals surface area contributed by atoms with E-state index in [4.69, 9.17) is 11.6 Å². The van der Waals surface area contributed by atoms with Crippen molar-refractivity contribution in [3.05, 3.63) is 33.2 Å². The Balaban J connectivity index is 1.74. The average Bonchev–Trinajstić information content (AvgIpc) is 3.03. The van der Waals surface area contributed by atoms with Crippen LogP contribution in [-0.4, -0.2) is 39.5 Å². The number of likely N-dealkylation sites (N-methyl/N-ethyl adjacent to an activating group) is 1. The molecule has 2 heterocycles. The molecule has 7 heteroatoms. The minimum absolute atomic E-state index is 0.457. The monoisotopic (exact) mass is 327 g/mol. The lowest BCUT2D eigenvalue weighted by Gasteiger charge is -2.14. The molecule has 5 nitrogen and oxygen atoms in total. The van der Waals surface area contributed by atoms with Gasteiger partial charge in [0.25, 0.3) is 0 Å². The second-order valence-corrected chi connectivity index (χ2v) is 7.25. The van der Waals surface area contributed by atoms with Crippen molar-refractivity contribution in [1.82, 2.24) is 25.2 Å². The molecule has 0 bridgehead atoms. The van der Waals surface area contributed by atoms with E-state index in [0.29, 0.717) is 6.04 Å². The molecule has 0 saturated carbocycles. The minimum atomic E-state index is 0.457. The van der Waals surface area contributed by atoms with Crippen molar-refractivity contribution >= 4 is 22.9 Å². The van der Waals surface area contributed by atoms with E-state index in [1.165, 1.54) is 4.88 Å². The second-order valence-electron chi connectivity index (χ2n) is 5.45. The van der Waals surface area contributed by atoms with Crippen LogP contribution in [0.2, 0.25) is 4.34 Å². The Morgan fingerprint density at radius 3 is 2.90 bits per heavy atom. The summed E-state index contributed by atoms with van der Waals surface area (Å²) in [6.07, 6.45) is 2.01. The van der Waals surface area contributed by atoms with E-state index >= 15 is 0 Å². The molecule has 0 amide bonds. The first-order valence-electron chi connectivity index (χ1n) is 7.08. The van der Waals surface area contributed by atoms with E-state index in [2.05, 4.69) is 47.5 Å². The molecule has 2 aromatic heterocycles. The molecule has 0 radical (unpaired) electrons.